The normalized spacial score (nSPS) is 20.0. The highest BCUT2D eigenvalue weighted by Crippen LogP contribution is 2.16. The van der Waals surface area contributed by atoms with Crippen LogP contribution in [-0.2, 0) is 4.74 Å². The number of nitrogens with zero attached hydrogens (tertiary/aromatic N) is 1. The molecule has 1 aromatic carbocycles. The fourth-order valence-electron chi connectivity index (χ4n) is 2.05. The molecule has 0 bridgehead atoms. The highest BCUT2D eigenvalue weighted by atomic mass is 35.5. The highest BCUT2D eigenvalue weighted by molar-refractivity contribution is 6.30. The van der Waals surface area contributed by atoms with Gasteiger partial charge in [-0.15, -0.1) is 0 Å². The molecule has 1 heterocycles. The first-order valence-corrected chi connectivity index (χ1v) is 6.18. The van der Waals surface area contributed by atoms with Crippen molar-refractivity contribution in [2.45, 2.75) is 18.9 Å². The van der Waals surface area contributed by atoms with Crippen LogP contribution < -0.4 is 12.4 Å². The second kappa shape index (κ2) is 6.98. The van der Waals surface area contributed by atoms with Gasteiger partial charge in [-0.05, 0) is 44.6 Å². The fraction of sp³-hybridized carbons (Fsp3) is 0.462. The molecule has 1 unspecified atom stereocenters. The second-order valence-electron chi connectivity index (χ2n) is 4.44. The van der Waals surface area contributed by atoms with Gasteiger partial charge >= 0.3 is 5.97 Å². The van der Waals surface area contributed by atoms with Crippen molar-refractivity contribution in [3.63, 3.8) is 0 Å². The maximum Gasteiger partial charge on any atom is 0.338 e. The van der Waals surface area contributed by atoms with Crippen LogP contribution in [0.5, 0.6) is 0 Å². The number of halogens is 2. The molecular formula is C13H16Cl2NO2-. The number of piperidine rings is 1. The van der Waals surface area contributed by atoms with E-state index in [9.17, 15) is 4.79 Å². The van der Waals surface area contributed by atoms with Gasteiger partial charge in [0.05, 0.1) is 5.56 Å². The van der Waals surface area contributed by atoms with E-state index in [1.807, 2.05) is 7.05 Å². The van der Waals surface area contributed by atoms with Gasteiger partial charge in [-0.25, -0.2) is 4.79 Å². The van der Waals surface area contributed by atoms with Crippen molar-refractivity contribution in [2.24, 2.45) is 0 Å². The van der Waals surface area contributed by atoms with Crippen LogP contribution in [0.4, 0.5) is 0 Å². The zero-order chi connectivity index (χ0) is 12.3. The minimum atomic E-state index is -0.284. The third-order valence-corrected chi connectivity index (χ3v) is 3.15. The molecule has 0 amide bonds. The highest BCUT2D eigenvalue weighted by Gasteiger charge is 2.21. The van der Waals surface area contributed by atoms with E-state index in [2.05, 4.69) is 4.90 Å². The van der Waals surface area contributed by atoms with Crippen LogP contribution in [0.3, 0.4) is 0 Å². The first-order chi connectivity index (χ1) is 8.15. The van der Waals surface area contributed by atoms with Gasteiger partial charge in [0.2, 0.25) is 0 Å². The van der Waals surface area contributed by atoms with Gasteiger partial charge in [-0.1, -0.05) is 17.7 Å². The molecule has 1 aliphatic heterocycles. The van der Waals surface area contributed by atoms with Gasteiger partial charge in [0.1, 0.15) is 6.10 Å². The molecule has 0 aromatic heterocycles. The Labute approximate surface area is 118 Å². The number of rotatable bonds is 2. The zero-order valence-corrected chi connectivity index (χ0v) is 11.7. The van der Waals surface area contributed by atoms with Gasteiger partial charge < -0.3 is 22.0 Å². The maximum absolute atomic E-state index is 11.9. The maximum atomic E-state index is 11.9. The van der Waals surface area contributed by atoms with Crippen LogP contribution in [0.2, 0.25) is 5.02 Å². The van der Waals surface area contributed by atoms with E-state index in [0.29, 0.717) is 10.6 Å². The summed E-state index contributed by atoms with van der Waals surface area (Å²) in [6.07, 6.45) is 2.01. The van der Waals surface area contributed by atoms with Crippen LogP contribution in [0.1, 0.15) is 23.2 Å². The average molecular weight is 289 g/mol. The Bertz CT molecular complexity index is 412. The molecule has 1 atom stereocenters. The number of likely N-dealkylation sites (N-methyl/N-ethyl adjacent to an activating group) is 1. The molecule has 0 aliphatic carbocycles. The number of carbonyl (C=O) groups is 1. The molecule has 18 heavy (non-hydrogen) atoms. The van der Waals surface area contributed by atoms with Crippen LogP contribution in [0, 0.1) is 0 Å². The quantitative estimate of drug-likeness (QED) is 0.694. The number of carbonyl (C=O) groups excluding carboxylic acids is 1. The number of esters is 1. The number of hydrogen-bond donors (Lipinski definition) is 0. The monoisotopic (exact) mass is 288 g/mol. The van der Waals surface area contributed by atoms with Gasteiger partial charge in [-0.3, -0.25) is 0 Å². The second-order valence-corrected chi connectivity index (χ2v) is 4.88. The van der Waals surface area contributed by atoms with E-state index < -0.39 is 0 Å². The summed E-state index contributed by atoms with van der Waals surface area (Å²) in [6.45, 7) is 1.89. The summed E-state index contributed by atoms with van der Waals surface area (Å²) < 4.78 is 5.46. The molecule has 1 fully saturated rings. The molecular weight excluding hydrogens is 273 g/mol. The SMILES string of the molecule is CN1CCCC(OC(=O)c2cccc(Cl)c2)C1.[Cl-]. The Hall–Kier alpha value is -0.770. The number of ether oxygens (including phenoxy) is 1. The number of likely N-dealkylation sites (tertiary alicyclic amines) is 1. The summed E-state index contributed by atoms with van der Waals surface area (Å²) in [6, 6.07) is 6.86. The van der Waals surface area contributed by atoms with Crippen molar-refractivity contribution < 1.29 is 21.9 Å². The predicted octanol–water partition coefficient (Wildman–Crippen LogP) is -0.405. The van der Waals surface area contributed by atoms with Crippen molar-refractivity contribution in [2.75, 3.05) is 20.1 Å². The summed E-state index contributed by atoms with van der Waals surface area (Å²) >= 11 is 5.84. The minimum absolute atomic E-state index is 0. The summed E-state index contributed by atoms with van der Waals surface area (Å²) in [5, 5.41) is 0.556. The van der Waals surface area contributed by atoms with Crippen LogP contribution >= 0.6 is 11.6 Å². The molecule has 3 nitrogen and oxygen atoms in total. The molecule has 2 rings (SSSR count). The molecule has 1 saturated heterocycles. The fourth-order valence-corrected chi connectivity index (χ4v) is 2.24. The van der Waals surface area contributed by atoms with E-state index in [1.54, 1.807) is 24.3 Å². The Morgan fingerprint density at radius 2 is 2.28 bits per heavy atom. The van der Waals surface area contributed by atoms with E-state index in [1.165, 1.54) is 0 Å². The van der Waals surface area contributed by atoms with E-state index >= 15 is 0 Å². The number of hydrogen-bond acceptors (Lipinski definition) is 3. The van der Waals surface area contributed by atoms with Crippen molar-refractivity contribution >= 4 is 17.6 Å². The predicted molar refractivity (Wildman–Crippen MR) is 67.4 cm³/mol. The Morgan fingerprint density at radius 3 is 2.94 bits per heavy atom. The van der Waals surface area contributed by atoms with E-state index in [4.69, 9.17) is 16.3 Å². The Kier molecular flexibility index (Phi) is 5.93. The van der Waals surface area contributed by atoms with E-state index in [-0.39, 0.29) is 24.5 Å². The van der Waals surface area contributed by atoms with Crippen LogP contribution in [0.25, 0.3) is 0 Å². The third-order valence-electron chi connectivity index (χ3n) is 2.92. The molecule has 1 aromatic rings. The van der Waals surface area contributed by atoms with Crippen LogP contribution in [0.15, 0.2) is 24.3 Å². The first kappa shape index (κ1) is 15.3. The van der Waals surface area contributed by atoms with Crippen molar-refractivity contribution in [1.82, 2.24) is 4.90 Å². The standard InChI is InChI=1S/C13H16ClNO2.ClH/c1-15-7-3-6-12(9-15)17-13(16)10-4-2-5-11(14)8-10;/h2,4-5,8,12H,3,6-7,9H2,1H3;1H/p-1. The van der Waals surface area contributed by atoms with Gasteiger partial charge in [0.25, 0.3) is 0 Å². The molecule has 0 spiro atoms. The van der Waals surface area contributed by atoms with Crippen molar-refractivity contribution in [1.29, 1.82) is 0 Å². The molecule has 5 heteroatoms. The lowest BCUT2D eigenvalue weighted by atomic mass is 10.1. The molecule has 0 saturated carbocycles. The molecule has 100 valence electrons. The molecule has 0 radical (unpaired) electrons. The molecule has 1 aliphatic rings. The lowest BCUT2D eigenvalue weighted by Gasteiger charge is -2.29. The lowest BCUT2D eigenvalue weighted by molar-refractivity contribution is -0.0000821. The summed E-state index contributed by atoms with van der Waals surface area (Å²) in [7, 11) is 2.04. The average Bonchev–Trinajstić information content (AvgIpc) is 2.29. The zero-order valence-electron chi connectivity index (χ0n) is 10.2. The van der Waals surface area contributed by atoms with Crippen molar-refractivity contribution in [3.05, 3.63) is 34.9 Å². The topological polar surface area (TPSA) is 29.5 Å². The van der Waals surface area contributed by atoms with Crippen LogP contribution in [-0.4, -0.2) is 37.1 Å². The van der Waals surface area contributed by atoms with Gasteiger partial charge in [0.15, 0.2) is 0 Å². The van der Waals surface area contributed by atoms with E-state index in [0.717, 1.165) is 25.9 Å². The Morgan fingerprint density at radius 1 is 1.50 bits per heavy atom. The smallest absolute Gasteiger partial charge is 0.338 e. The first-order valence-electron chi connectivity index (χ1n) is 5.80. The summed E-state index contributed by atoms with van der Waals surface area (Å²) in [5.41, 5.74) is 0.519. The van der Waals surface area contributed by atoms with Gasteiger partial charge in [0, 0.05) is 11.6 Å². The van der Waals surface area contributed by atoms with Crippen molar-refractivity contribution in [3.8, 4) is 0 Å². The minimum Gasteiger partial charge on any atom is -1.00 e. The third kappa shape index (κ3) is 4.16. The lowest BCUT2D eigenvalue weighted by Crippen LogP contribution is -3.00. The van der Waals surface area contributed by atoms with Gasteiger partial charge in [-0.2, -0.15) is 0 Å². The largest absolute Gasteiger partial charge is 1.00 e. The molecule has 0 N–H and O–H groups in total. The Balaban J connectivity index is 0.00000162. The summed E-state index contributed by atoms with van der Waals surface area (Å²) in [5.74, 6) is -0.284. The number of benzene rings is 1. The summed E-state index contributed by atoms with van der Waals surface area (Å²) in [4.78, 5) is 14.1.